The summed E-state index contributed by atoms with van der Waals surface area (Å²) in [5.41, 5.74) is 0. The lowest BCUT2D eigenvalue weighted by atomic mass is 10.0. The summed E-state index contributed by atoms with van der Waals surface area (Å²) in [7, 11) is 0. The molecule has 0 radical (unpaired) electrons. The Hall–Kier alpha value is -5.76. The second-order valence-electron chi connectivity index (χ2n) is 34.4. The molecule has 2 N–H and O–H groups in total. The van der Waals surface area contributed by atoms with Crippen LogP contribution in [0.25, 0.3) is 0 Å². The van der Waals surface area contributed by atoms with Crippen LogP contribution in [-0.2, 0) is 66.7 Å². The first-order chi connectivity index (χ1) is 60.6. The number of carbonyl (C=O) groups is 8. The molecule has 0 aromatic carbocycles. The number of likely N-dealkylation sites (N-methyl/N-ethyl adjacent to an activating group) is 2. The van der Waals surface area contributed by atoms with Crippen molar-refractivity contribution in [2.45, 2.75) is 467 Å². The fourth-order valence-corrected chi connectivity index (χ4v) is 14.5. The van der Waals surface area contributed by atoms with E-state index in [9.17, 15) is 38.4 Å². The van der Waals surface area contributed by atoms with Crippen LogP contribution in [-0.4, -0.2) is 162 Å². The zero-order valence-electron chi connectivity index (χ0n) is 81.7. The van der Waals surface area contributed by atoms with Gasteiger partial charge in [-0.05, 0) is 174 Å². The van der Waals surface area contributed by atoms with Crippen molar-refractivity contribution >= 4 is 48.0 Å². The van der Waals surface area contributed by atoms with Gasteiger partial charge in [-0.15, -0.1) is 0 Å². The van der Waals surface area contributed by atoms with Gasteiger partial charge in [0, 0.05) is 64.7 Å². The molecule has 0 aromatic rings. The molecule has 0 aliphatic carbocycles. The Morgan fingerprint density at radius 2 is 0.460 bits per heavy atom. The van der Waals surface area contributed by atoms with Crippen molar-refractivity contribution in [3.63, 3.8) is 0 Å². The molecule has 0 saturated heterocycles. The van der Waals surface area contributed by atoms with Gasteiger partial charge in [0.25, 0.3) is 0 Å². The molecule has 0 spiro atoms. The van der Waals surface area contributed by atoms with Crippen LogP contribution in [0.15, 0.2) is 48.6 Å². The number of ether oxygens (including phenoxy) is 8. The zero-order chi connectivity index (χ0) is 91.1. The van der Waals surface area contributed by atoms with Gasteiger partial charge in [-0.1, -0.05) is 317 Å². The third-order valence-corrected chi connectivity index (χ3v) is 22.8. The molecular weight excluding hydrogens is 1560 g/mol. The van der Waals surface area contributed by atoms with Gasteiger partial charge < -0.3 is 58.3 Å². The van der Waals surface area contributed by atoms with Crippen LogP contribution in [0, 0.1) is 11.8 Å². The maximum Gasteiger partial charge on any atom is 0.407 e. The standard InChI is InChI=1S/C53H98N2O8.C51H94N2O8/c1-6-11-14-17-20-21-22-23-24-25-26-27-28-31-35-40-50(56)60-45-48(47-62-53(59)54-43-44-55(9-4)10-5)46-61-51(57)41-36-32-37-42-52(58)63-49(38-33-29-18-15-12-7-2)39-34-30-19-16-13-8-3;1-6-11-14-17-20-21-22-23-24-25-26-27-28-31-34-38-48(54)58-43-46(45-60-51(57)52-41-42-53(9-4)10-5)44-59-49(55)39-35-40-50(56)61-47(36-32-29-18-15-12-7-2)37-33-30-19-16-13-8-3/h20-21,23-24,48-49H,6-19,22,25-47H2,1-5H3,(H,54,59);20-21,23-24,46-47H,6-19,22,25-45H2,1-5H3,(H,52,57)/b2*21-20-,24-23-. The lowest BCUT2D eigenvalue weighted by molar-refractivity contribution is -0.152. The molecule has 0 fully saturated rings. The molecule has 0 aliphatic rings. The lowest BCUT2D eigenvalue weighted by Crippen LogP contribution is -2.36. The SMILES string of the molecule is CCCCC/C=C\C/C=C\CCCCCCCC(=O)OCC(COC(=O)CCCC(=O)OC(CCCCCCCC)CCCCCCCC)COC(=O)NCCN(CC)CC.CCCCC/C=C\C/C=C\CCCCCCCC(=O)OCC(COC(=O)CCCCCC(=O)OC(CCCCCCCC)CCCCCCCC)COC(=O)NCCN(CC)CC. The predicted molar refractivity (Wildman–Crippen MR) is 512 cm³/mol. The van der Waals surface area contributed by atoms with Crippen molar-refractivity contribution in [3.05, 3.63) is 48.6 Å². The predicted octanol–water partition coefficient (Wildman–Crippen LogP) is 27.1. The molecule has 2 amide bonds. The molecular formula is C104H192N4O16. The van der Waals surface area contributed by atoms with Crippen LogP contribution >= 0.6 is 0 Å². The molecule has 124 heavy (non-hydrogen) atoms. The van der Waals surface area contributed by atoms with Crippen LogP contribution in [0.5, 0.6) is 0 Å². The van der Waals surface area contributed by atoms with Crippen molar-refractivity contribution in [3.8, 4) is 0 Å². The van der Waals surface area contributed by atoms with Crippen LogP contribution in [0.3, 0.4) is 0 Å². The molecule has 0 saturated carbocycles. The Morgan fingerprint density at radius 3 is 0.750 bits per heavy atom. The number of nitrogens with zero attached hydrogens (tertiary/aromatic N) is 2. The number of allylic oxidation sites excluding steroid dienone is 8. The maximum atomic E-state index is 12.8. The summed E-state index contributed by atoms with van der Waals surface area (Å²) in [6, 6.07) is 0. The average Bonchev–Trinajstić information content (AvgIpc) is 0.954. The Labute approximate surface area is 759 Å². The molecule has 20 heteroatoms. The third kappa shape index (κ3) is 88.3. The molecule has 724 valence electrons. The summed E-state index contributed by atoms with van der Waals surface area (Å²) in [6.07, 6.45) is 78.0. The average molecular weight is 1750 g/mol. The molecule has 0 bridgehead atoms. The molecule has 0 heterocycles. The fourth-order valence-electron chi connectivity index (χ4n) is 14.5. The summed E-state index contributed by atoms with van der Waals surface area (Å²) in [5.74, 6) is -2.80. The van der Waals surface area contributed by atoms with E-state index in [1.165, 1.54) is 180 Å². The molecule has 20 nitrogen and oxygen atoms in total. The van der Waals surface area contributed by atoms with Gasteiger partial charge in [0.1, 0.15) is 51.8 Å². The first-order valence-corrected chi connectivity index (χ1v) is 51.4. The van der Waals surface area contributed by atoms with Crippen LogP contribution in [0.1, 0.15) is 454 Å². The highest BCUT2D eigenvalue weighted by molar-refractivity contribution is 5.73. The Balaban J connectivity index is 0. The summed E-state index contributed by atoms with van der Waals surface area (Å²) in [5, 5.41) is 5.54. The van der Waals surface area contributed by atoms with E-state index in [4.69, 9.17) is 37.9 Å². The van der Waals surface area contributed by atoms with Gasteiger partial charge in [-0.25, -0.2) is 9.59 Å². The minimum absolute atomic E-state index is 0.0000756. The first-order valence-electron chi connectivity index (χ1n) is 51.4. The van der Waals surface area contributed by atoms with Crippen LogP contribution in [0.4, 0.5) is 9.59 Å². The number of hydrogen-bond donors (Lipinski definition) is 2. The number of carbonyl (C=O) groups excluding carboxylic acids is 8. The van der Waals surface area contributed by atoms with E-state index in [1.54, 1.807) is 0 Å². The van der Waals surface area contributed by atoms with Crippen molar-refractivity contribution in [2.75, 3.05) is 92.0 Å². The number of alkyl carbamates (subject to hydrolysis) is 2. The summed E-state index contributed by atoms with van der Waals surface area (Å²) >= 11 is 0. The van der Waals surface area contributed by atoms with E-state index in [-0.39, 0.29) is 101 Å². The van der Waals surface area contributed by atoms with E-state index in [2.05, 4.69) is 138 Å². The molecule has 0 aliphatic heterocycles. The number of unbranched alkanes of at least 4 members (excludes halogenated alkanes) is 38. The van der Waals surface area contributed by atoms with Gasteiger partial charge in [-0.3, -0.25) is 28.8 Å². The van der Waals surface area contributed by atoms with Crippen LogP contribution < -0.4 is 10.6 Å². The van der Waals surface area contributed by atoms with E-state index in [0.29, 0.717) is 58.2 Å². The monoisotopic (exact) mass is 1750 g/mol. The summed E-state index contributed by atoms with van der Waals surface area (Å²) < 4.78 is 45.0. The molecule has 2 unspecified atom stereocenters. The Morgan fingerprint density at radius 1 is 0.242 bits per heavy atom. The number of rotatable bonds is 90. The quantitative estimate of drug-likeness (QED) is 0.0249. The topological polar surface area (TPSA) is 241 Å². The summed E-state index contributed by atoms with van der Waals surface area (Å²) in [6.45, 7) is 27.4. The maximum absolute atomic E-state index is 12.8. The van der Waals surface area contributed by atoms with Gasteiger partial charge in [0.2, 0.25) is 0 Å². The van der Waals surface area contributed by atoms with Gasteiger partial charge in [0.15, 0.2) is 0 Å². The smallest absolute Gasteiger partial charge is 0.407 e. The lowest BCUT2D eigenvalue weighted by Gasteiger charge is -2.19. The Kier molecular flexibility index (Phi) is 93.4. The van der Waals surface area contributed by atoms with Crippen molar-refractivity contribution in [1.82, 2.24) is 20.4 Å². The minimum atomic E-state index is -0.565. The largest absolute Gasteiger partial charge is 0.465 e. The van der Waals surface area contributed by atoms with Crippen molar-refractivity contribution in [2.24, 2.45) is 11.8 Å². The molecule has 0 aromatic heterocycles. The van der Waals surface area contributed by atoms with E-state index < -0.39 is 30.0 Å². The third-order valence-electron chi connectivity index (χ3n) is 22.8. The highest BCUT2D eigenvalue weighted by atomic mass is 16.6. The molecule has 0 rings (SSSR count). The van der Waals surface area contributed by atoms with E-state index >= 15 is 0 Å². The number of esters is 6. The van der Waals surface area contributed by atoms with Crippen molar-refractivity contribution in [1.29, 1.82) is 0 Å². The van der Waals surface area contributed by atoms with E-state index in [1.807, 2.05) is 0 Å². The number of amides is 2. The normalized spacial score (nSPS) is 12.1. The van der Waals surface area contributed by atoms with Gasteiger partial charge in [0.05, 0.1) is 11.8 Å². The van der Waals surface area contributed by atoms with Crippen LogP contribution in [0.2, 0.25) is 0 Å². The first kappa shape index (κ1) is 120. The zero-order valence-corrected chi connectivity index (χ0v) is 81.7. The summed E-state index contributed by atoms with van der Waals surface area (Å²) in [4.78, 5) is 106. The fraction of sp³-hybridized carbons (Fsp3) is 0.846. The minimum Gasteiger partial charge on any atom is -0.465 e. The number of hydrogen-bond acceptors (Lipinski definition) is 18. The highest BCUT2D eigenvalue weighted by Crippen LogP contribution is 2.22. The number of nitrogens with one attached hydrogen (secondary N) is 2. The second-order valence-corrected chi connectivity index (χ2v) is 34.4. The molecule has 2 atom stereocenters. The van der Waals surface area contributed by atoms with Crippen molar-refractivity contribution < 1.29 is 76.3 Å². The van der Waals surface area contributed by atoms with Gasteiger partial charge in [-0.2, -0.15) is 0 Å². The van der Waals surface area contributed by atoms with Gasteiger partial charge >= 0.3 is 48.0 Å². The highest BCUT2D eigenvalue weighted by Gasteiger charge is 2.23. The Bertz CT molecular complexity index is 2520. The van der Waals surface area contributed by atoms with E-state index in [0.717, 1.165) is 180 Å². The second kappa shape index (κ2) is 96.3.